The van der Waals surface area contributed by atoms with E-state index in [-0.39, 0.29) is 17.5 Å². The van der Waals surface area contributed by atoms with E-state index < -0.39 is 0 Å². The summed E-state index contributed by atoms with van der Waals surface area (Å²) in [5.74, 6) is 0.647. The molecule has 1 amide bonds. The van der Waals surface area contributed by atoms with Crippen molar-refractivity contribution in [2.75, 3.05) is 13.6 Å². The number of nitrogens with two attached hydrogens (primary N) is 1. The molecule has 1 atom stereocenters. The molecule has 0 saturated carbocycles. The second-order valence-corrected chi connectivity index (χ2v) is 5.36. The van der Waals surface area contributed by atoms with Gasteiger partial charge in [-0.25, -0.2) is 4.99 Å². The molecule has 1 aliphatic rings. The number of aliphatic imine (C=N–C) groups is 1. The lowest BCUT2D eigenvalue weighted by Crippen LogP contribution is -2.47. The largest absolute Gasteiger partial charge is 0.370 e. The first-order valence-corrected chi connectivity index (χ1v) is 5.63. The lowest BCUT2D eigenvalue weighted by Gasteiger charge is -2.28. The van der Waals surface area contributed by atoms with Crippen molar-refractivity contribution in [1.82, 2.24) is 10.2 Å². The molecule has 0 spiro atoms. The van der Waals surface area contributed by atoms with Crippen LogP contribution in [0.15, 0.2) is 4.99 Å². The first kappa shape index (κ1) is 12.8. The molecule has 1 rings (SSSR count). The molecule has 1 heterocycles. The monoisotopic (exact) mass is 226 g/mol. The number of guanidine groups is 1. The van der Waals surface area contributed by atoms with Crippen LogP contribution in [0.1, 0.15) is 33.6 Å². The Labute approximate surface area is 97.1 Å². The van der Waals surface area contributed by atoms with Crippen molar-refractivity contribution < 1.29 is 4.79 Å². The van der Waals surface area contributed by atoms with E-state index in [2.05, 4.69) is 10.3 Å². The third-order valence-electron chi connectivity index (χ3n) is 2.43. The smallest absolute Gasteiger partial charge is 0.222 e. The maximum Gasteiger partial charge on any atom is 0.222 e. The SMILES string of the molecule is CN1CC(N=C(N)NC(C)(C)C)CCC1=O. The average molecular weight is 226 g/mol. The van der Waals surface area contributed by atoms with Crippen LogP contribution in [0.5, 0.6) is 0 Å². The highest BCUT2D eigenvalue weighted by Gasteiger charge is 2.22. The Hall–Kier alpha value is -1.26. The Bertz CT molecular complexity index is 293. The van der Waals surface area contributed by atoms with Gasteiger partial charge in [-0.05, 0) is 27.2 Å². The number of piperidine rings is 1. The van der Waals surface area contributed by atoms with Crippen molar-refractivity contribution in [3.8, 4) is 0 Å². The molecule has 0 aromatic rings. The van der Waals surface area contributed by atoms with Crippen molar-refractivity contribution in [2.24, 2.45) is 10.7 Å². The molecule has 0 bridgehead atoms. The van der Waals surface area contributed by atoms with Crippen molar-refractivity contribution in [3.63, 3.8) is 0 Å². The maximum atomic E-state index is 11.3. The maximum absolute atomic E-state index is 11.3. The molecule has 3 N–H and O–H groups in total. The number of carbonyl (C=O) groups excluding carboxylic acids is 1. The number of nitrogens with zero attached hydrogens (tertiary/aromatic N) is 2. The summed E-state index contributed by atoms with van der Waals surface area (Å²) >= 11 is 0. The molecule has 1 aliphatic heterocycles. The van der Waals surface area contributed by atoms with E-state index in [0.29, 0.717) is 18.9 Å². The van der Waals surface area contributed by atoms with Crippen molar-refractivity contribution in [2.45, 2.75) is 45.2 Å². The predicted molar refractivity (Wildman–Crippen MR) is 65.2 cm³/mol. The van der Waals surface area contributed by atoms with Gasteiger partial charge in [0.1, 0.15) is 0 Å². The first-order chi connectivity index (χ1) is 7.28. The summed E-state index contributed by atoms with van der Waals surface area (Å²) in [6.45, 7) is 6.76. The number of rotatable bonds is 1. The Morgan fingerprint density at radius 3 is 2.69 bits per heavy atom. The van der Waals surface area contributed by atoms with Crippen LogP contribution in [-0.2, 0) is 4.79 Å². The normalized spacial score (nSPS) is 23.5. The molecule has 92 valence electrons. The van der Waals surface area contributed by atoms with Crippen LogP contribution in [0.3, 0.4) is 0 Å². The Morgan fingerprint density at radius 1 is 1.56 bits per heavy atom. The van der Waals surface area contributed by atoms with Gasteiger partial charge in [0.2, 0.25) is 5.91 Å². The summed E-state index contributed by atoms with van der Waals surface area (Å²) in [5.41, 5.74) is 5.73. The number of likely N-dealkylation sites (tertiary alicyclic amines) is 1. The van der Waals surface area contributed by atoms with Crippen molar-refractivity contribution >= 4 is 11.9 Å². The zero-order valence-corrected chi connectivity index (χ0v) is 10.6. The quantitative estimate of drug-likeness (QED) is 0.499. The lowest BCUT2D eigenvalue weighted by atomic mass is 10.1. The number of hydrogen-bond donors (Lipinski definition) is 2. The minimum atomic E-state index is -0.0794. The van der Waals surface area contributed by atoms with Crippen LogP contribution in [-0.4, -0.2) is 41.9 Å². The fourth-order valence-electron chi connectivity index (χ4n) is 1.71. The van der Waals surface area contributed by atoms with Crippen LogP contribution in [0.4, 0.5) is 0 Å². The molecule has 0 aliphatic carbocycles. The van der Waals surface area contributed by atoms with Gasteiger partial charge in [0.15, 0.2) is 5.96 Å². The summed E-state index contributed by atoms with van der Waals surface area (Å²) in [7, 11) is 1.80. The standard InChI is InChI=1S/C11H22N4O/c1-11(2,3)14-10(12)13-8-5-6-9(16)15(4)7-8/h8H,5-7H2,1-4H3,(H3,12,13,14). The summed E-state index contributed by atoms with van der Waals surface area (Å²) in [6, 6.07) is 0.123. The summed E-state index contributed by atoms with van der Waals surface area (Å²) in [5, 5.41) is 3.12. The van der Waals surface area contributed by atoms with E-state index in [4.69, 9.17) is 5.73 Å². The first-order valence-electron chi connectivity index (χ1n) is 5.63. The van der Waals surface area contributed by atoms with Gasteiger partial charge in [0.25, 0.3) is 0 Å². The molecule has 5 heteroatoms. The van der Waals surface area contributed by atoms with Gasteiger partial charge in [-0.15, -0.1) is 0 Å². The van der Waals surface area contributed by atoms with E-state index in [1.54, 1.807) is 11.9 Å². The van der Waals surface area contributed by atoms with Crippen LogP contribution in [0.2, 0.25) is 0 Å². The van der Waals surface area contributed by atoms with Crippen LogP contribution < -0.4 is 11.1 Å². The Kier molecular flexibility index (Phi) is 3.78. The minimum absolute atomic E-state index is 0.0794. The summed E-state index contributed by atoms with van der Waals surface area (Å²) in [4.78, 5) is 17.4. The van der Waals surface area contributed by atoms with Gasteiger partial charge < -0.3 is 16.0 Å². The predicted octanol–water partition coefficient (Wildman–Crippen LogP) is 0.310. The Morgan fingerprint density at radius 2 is 2.19 bits per heavy atom. The second-order valence-electron chi connectivity index (χ2n) is 5.36. The van der Waals surface area contributed by atoms with Gasteiger partial charge >= 0.3 is 0 Å². The zero-order valence-electron chi connectivity index (χ0n) is 10.6. The molecule has 1 fully saturated rings. The topological polar surface area (TPSA) is 70.7 Å². The molecule has 1 saturated heterocycles. The number of hydrogen-bond acceptors (Lipinski definition) is 2. The van der Waals surface area contributed by atoms with E-state index in [1.165, 1.54) is 0 Å². The highest BCUT2D eigenvalue weighted by atomic mass is 16.2. The molecular weight excluding hydrogens is 204 g/mol. The van der Waals surface area contributed by atoms with Crippen LogP contribution >= 0.6 is 0 Å². The number of likely N-dealkylation sites (N-methyl/N-ethyl adjacent to an activating group) is 1. The van der Waals surface area contributed by atoms with Gasteiger partial charge in [-0.3, -0.25) is 4.79 Å². The molecule has 0 radical (unpaired) electrons. The van der Waals surface area contributed by atoms with Crippen LogP contribution in [0, 0.1) is 0 Å². The van der Waals surface area contributed by atoms with Gasteiger partial charge in [0, 0.05) is 25.6 Å². The molecule has 0 aromatic heterocycles. The van der Waals surface area contributed by atoms with Gasteiger partial charge in [-0.1, -0.05) is 0 Å². The molecular formula is C11H22N4O. The number of amides is 1. The van der Waals surface area contributed by atoms with E-state index in [1.807, 2.05) is 20.8 Å². The number of nitrogens with one attached hydrogen (secondary N) is 1. The second kappa shape index (κ2) is 4.72. The van der Waals surface area contributed by atoms with E-state index in [9.17, 15) is 4.79 Å². The summed E-state index contributed by atoms with van der Waals surface area (Å²) in [6.07, 6.45) is 1.35. The zero-order chi connectivity index (χ0) is 12.3. The van der Waals surface area contributed by atoms with Crippen LogP contribution in [0.25, 0.3) is 0 Å². The highest BCUT2D eigenvalue weighted by Crippen LogP contribution is 2.12. The highest BCUT2D eigenvalue weighted by molar-refractivity contribution is 5.79. The number of carbonyl (C=O) groups is 1. The summed E-state index contributed by atoms with van der Waals surface area (Å²) < 4.78 is 0. The van der Waals surface area contributed by atoms with E-state index in [0.717, 1.165) is 6.42 Å². The van der Waals surface area contributed by atoms with Gasteiger partial charge in [0.05, 0.1) is 6.04 Å². The van der Waals surface area contributed by atoms with Crippen molar-refractivity contribution in [3.05, 3.63) is 0 Å². The third-order valence-corrected chi connectivity index (χ3v) is 2.43. The minimum Gasteiger partial charge on any atom is -0.370 e. The molecule has 0 aromatic carbocycles. The molecule has 16 heavy (non-hydrogen) atoms. The molecule has 5 nitrogen and oxygen atoms in total. The average Bonchev–Trinajstić information content (AvgIpc) is 2.08. The fourth-order valence-corrected chi connectivity index (χ4v) is 1.71. The van der Waals surface area contributed by atoms with E-state index >= 15 is 0 Å². The third kappa shape index (κ3) is 4.08. The molecule has 1 unspecified atom stereocenters. The van der Waals surface area contributed by atoms with Crippen molar-refractivity contribution in [1.29, 1.82) is 0 Å². The van der Waals surface area contributed by atoms with Gasteiger partial charge in [-0.2, -0.15) is 0 Å². The fraction of sp³-hybridized carbons (Fsp3) is 0.818. The Balaban J connectivity index is 2.53. The lowest BCUT2D eigenvalue weighted by molar-refractivity contribution is -0.132.